The topological polar surface area (TPSA) is 176 Å². The van der Waals surface area contributed by atoms with Crippen LogP contribution in [-0.2, 0) is 28.5 Å². The molecule has 3 rings (SSSR count). The first-order chi connectivity index (χ1) is 26.2. The molecule has 0 aliphatic rings. The highest BCUT2D eigenvalue weighted by molar-refractivity contribution is 5.92. The minimum absolute atomic E-state index is 0.168. The molecule has 0 unspecified atom stereocenters. The van der Waals surface area contributed by atoms with Gasteiger partial charge in [0.25, 0.3) is 0 Å². The summed E-state index contributed by atoms with van der Waals surface area (Å²) >= 11 is 0. The molecule has 0 bridgehead atoms. The number of hydrogen-bond acceptors (Lipinski definition) is 14. The lowest BCUT2D eigenvalue weighted by Crippen LogP contribution is -2.12. The minimum atomic E-state index is -0.876. The fraction of sp³-hybridized carbons (Fsp3) is 0.350. The van der Waals surface area contributed by atoms with Gasteiger partial charge in [0, 0.05) is 12.5 Å². The van der Waals surface area contributed by atoms with Crippen LogP contribution in [0.4, 0.5) is 9.59 Å². The summed E-state index contributed by atoms with van der Waals surface area (Å²) in [7, 11) is 0. The molecule has 3 aromatic carbocycles. The third-order valence-corrected chi connectivity index (χ3v) is 7.31. The zero-order chi connectivity index (χ0) is 39.0. The van der Waals surface area contributed by atoms with Crippen LogP contribution in [0, 0.1) is 0 Å². The van der Waals surface area contributed by atoms with Gasteiger partial charge in [-0.25, -0.2) is 24.0 Å². The molecule has 0 aliphatic carbocycles. The van der Waals surface area contributed by atoms with Crippen molar-refractivity contribution < 1.29 is 66.7 Å². The SMILES string of the molecule is C=CC(=O)OCCCCCCOC(=O)Oc1ccc(C(=O)Oc2ccc(OC(=O)c3ccc(OC(=O)OCCCCCCOC(=O)CC)cc3)cc2)cc1. The Morgan fingerprint density at radius 1 is 0.463 bits per heavy atom. The molecule has 0 aromatic heterocycles. The normalized spacial score (nSPS) is 10.3. The Labute approximate surface area is 313 Å². The summed E-state index contributed by atoms with van der Waals surface area (Å²) in [6.07, 6.45) is 5.65. The van der Waals surface area contributed by atoms with Gasteiger partial charge in [-0.15, -0.1) is 0 Å². The van der Waals surface area contributed by atoms with E-state index in [4.69, 9.17) is 37.9 Å². The maximum atomic E-state index is 12.6. The first kappa shape index (κ1) is 42.2. The Balaban J connectivity index is 1.31. The van der Waals surface area contributed by atoms with Crippen molar-refractivity contribution in [1.29, 1.82) is 0 Å². The van der Waals surface area contributed by atoms with Crippen molar-refractivity contribution >= 4 is 36.2 Å². The van der Waals surface area contributed by atoms with Crippen LogP contribution < -0.4 is 18.9 Å². The van der Waals surface area contributed by atoms with E-state index in [0.29, 0.717) is 38.9 Å². The van der Waals surface area contributed by atoms with E-state index in [-0.39, 0.29) is 53.3 Å². The van der Waals surface area contributed by atoms with E-state index in [1.165, 1.54) is 72.8 Å². The van der Waals surface area contributed by atoms with Crippen molar-refractivity contribution in [3.8, 4) is 23.0 Å². The second-order valence-electron chi connectivity index (χ2n) is 11.5. The van der Waals surface area contributed by atoms with Gasteiger partial charge in [-0.1, -0.05) is 13.5 Å². The molecule has 14 heteroatoms. The van der Waals surface area contributed by atoms with Gasteiger partial charge in [-0.2, -0.15) is 0 Å². The average Bonchev–Trinajstić information content (AvgIpc) is 3.17. The first-order valence-corrected chi connectivity index (χ1v) is 17.6. The molecule has 0 radical (unpaired) electrons. The van der Waals surface area contributed by atoms with E-state index in [9.17, 15) is 28.8 Å². The highest BCUT2D eigenvalue weighted by atomic mass is 16.7. The fourth-order valence-electron chi connectivity index (χ4n) is 4.42. The van der Waals surface area contributed by atoms with Crippen LogP contribution in [0.15, 0.2) is 85.5 Å². The zero-order valence-corrected chi connectivity index (χ0v) is 30.1. The van der Waals surface area contributed by atoms with Crippen molar-refractivity contribution in [2.24, 2.45) is 0 Å². The van der Waals surface area contributed by atoms with Crippen LogP contribution >= 0.6 is 0 Å². The quantitative estimate of drug-likeness (QED) is 0.0241. The highest BCUT2D eigenvalue weighted by Crippen LogP contribution is 2.22. The molecule has 0 fully saturated rings. The molecule has 0 spiro atoms. The molecular formula is C40H44O14. The Kier molecular flexibility index (Phi) is 18.9. The zero-order valence-electron chi connectivity index (χ0n) is 30.1. The van der Waals surface area contributed by atoms with Crippen LogP contribution in [0.5, 0.6) is 23.0 Å². The van der Waals surface area contributed by atoms with Crippen LogP contribution in [0.25, 0.3) is 0 Å². The van der Waals surface area contributed by atoms with E-state index in [1.807, 2.05) is 0 Å². The van der Waals surface area contributed by atoms with E-state index in [0.717, 1.165) is 38.2 Å². The second kappa shape index (κ2) is 24.1. The van der Waals surface area contributed by atoms with Crippen molar-refractivity contribution in [2.45, 2.75) is 64.7 Å². The molecule has 54 heavy (non-hydrogen) atoms. The summed E-state index contributed by atoms with van der Waals surface area (Å²) in [5, 5.41) is 0. The molecule has 3 aromatic rings. The van der Waals surface area contributed by atoms with Gasteiger partial charge >= 0.3 is 36.2 Å². The number of rotatable bonds is 22. The minimum Gasteiger partial charge on any atom is -0.466 e. The monoisotopic (exact) mass is 748 g/mol. The molecule has 0 saturated heterocycles. The number of ether oxygens (including phenoxy) is 8. The molecule has 0 amide bonds. The summed E-state index contributed by atoms with van der Waals surface area (Å²) in [5.41, 5.74) is 0.402. The Bertz CT molecular complexity index is 1660. The average molecular weight is 749 g/mol. The van der Waals surface area contributed by atoms with E-state index >= 15 is 0 Å². The van der Waals surface area contributed by atoms with E-state index in [2.05, 4.69) is 6.58 Å². The smallest absolute Gasteiger partial charge is 0.466 e. The second-order valence-corrected chi connectivity index (χ2v) is 11.5. The summed E-state index contributed by atoms with van der Waals surface area (Å²) in [6, 6.07) is 17.3. The predicted octanol–water partition coefficient (Wildman–Crippen LogP) is 7.96. The Morgan fingerprint density at radius 2 is 0.796 bits per heavy atom. The summed E-state index contributed by atoms with van der Waals surface area (Å²) in [4.78, 5) is 71.2. The van der Waals surface area contributed by atoms with Crippen LogP contribution in [-0.4, -0.2) is 62.6 Å². The van der Waals surface area contributed by atoms with Crippen LogP contribution in [0.1, 0.15) is 85.4 Å². The third-order valence-electron chi connectivity index (χ3n) is 7.31. The third kappa shape index (κ3) is 16.9. The number of carbonyl (C=O) groups is 6. The molecule has 0 N–H and O–H groups in total. The number of hydrogen-bond donors (Lipinski definition) is 0. The molecule has 0 atom stereocenters. The summed E-state index contributed by atoms with van der Waals surface area (Å²) in [6.45, 7) is 6.11. The van der Waals surface area contributed by atoms with Crippen molar-refractivity contribution in [2.75, 3.05) is 26.4 Å². The lowest BCUT2D eigenvalue weighted by molar-refractivity contribution is -0.143. The van der Waals surface area contributed by atoms with Crippen LogP contribution in [0.2, 0.25) is 0 Å². The lowest BCUT2D eigenvalue weighted by Gasteiger charge is -2.09. The predicted molar refractivity (Wildman–Crippen MR) is 193 cm³/mol. The number of benzene rings is 3. The first-order valence-electron chi connectivity index (χ1n) is 17.6. The van der Waals surface area contributed by atoms with Gasteiger partial charge in [-0.05, 0) is 124 Å². The van der Waals surface area contributed by atoms with E-state index < -0.39 is 30.2 Å². The van der Waals surface area contributed by atoms with Gasteiger partial charge in [-0.3, -0.25) is 4.79 Å². The van der Waals surface area contributed by atoms with Gasteiger partial charge in [0.2, 0.25) is 0 Å². The van der Waals surface area contributed by atoms with Crippen molar-refractivity contribution in [3.63, 3.8) is 0 Å². The maximum Gasteiger partial charge on any atom is 0.513 e. The van der Waals surface area contributed by atoms with Gasteiger partial charge < -0.3 is 37.9 Å². The molecule has 288 valence electrons. The Morgan fingerprint density at radius 3 is 1.17 bits per heavy atom. The number of carbonyl (C=O) groups excluding carboxylic acids is 6. The molecule has 14 nitrogen and oxygen atoms in total. The number of unbranched alkanes of at least 4 members (excludes halogenated alkanes) is 6. The van der Waals surface area contributed by atoms with Crippen molar-refractivity contribution in [1.82, 2.24) is 0 Å². The molecule has 0 heterocycles. The summed E-state index contributed by atoms with van der Waals surface area (Å²) in [5.74, 6) is -1.24. The van der Waals surface area contributed by atoms with Gasteiger partial charge in [0.15, 0.2) is 0 Å². The van der Waals surface area contributed by atoms with Crippen LogP contribution in [0.3, 0.4) is 0 Å². The maximum absolute atomic E-state index is 12.6. The van der Waals surface area contributed by atoms with Gasteiger partial charge in [0.1, 0.15) is 23.0 Å². The van der Waals surface area contributed by atoms with Crippen molar-refractivity contribution in [3.05, 3.63) is 96.6 Å². The largest absolute Gasteiger partial charge is 0.513 e. The number of esters is 4. The fourth-order valence-corrected chi connectivity index (χ4v) is 4.42. The highest BCUT2D eigenvalue weighted by Gasteiger charge is 2.14. The summed E-state index contributed by atoms with van der Waals surface area (Å²) < 4.78 is 41.1. The molecule has 0 saturated carbocycles. The molecular weight excluding hydrogens is 704 g/mol. The van der Waals surface area contributed by atoms with E-state index in [1.54, 1.807) is 6.92 Å². The Hall–Kier alpha value is -6.18. The molecule has 0 aliphatic heterocycles. The standard InChI is InChI=1S/C40H44O14/c1-3-35(41)47-25-9-5-7-11-27-49-39(45)53-33-17-13-29(14-18-33)37(43)51-31-21-23-32(24-22-31)52-38(44)30-15-19-34(20-16-30)54-40(46)50-28-12-8-6-10-26-48-36(42)4-2/h3,13-24H,1,4-12,25-28H2,2H3. The van der Waals surface area contributed by atoms with Gasteiger partial charge in [0.05, 0.1) is 37.6 Å². The lowest BCUT2D eigenvalue weighted by atomic mass is 10.2.